The van der Waals surface area contributed by atoms with Crippen LogP contribution in [0.4, 0.5) is 11.4 Å². The second kappa shape index (κ2) is 28.8. The van der Waals surface area contributed by atoms with Crippen molar-refractivity contribution in [3.05, 3.63) is 326 Å². The quantitative estimate of drug-likeness (QED) is 0.0277. The van der Waals surface area contributed by atoms with Crippen LogP contribution in [0.1, 0.15) is 70.7 Å². The fourth-order valence-electron chi connectivity index (χ4n) is 10.9. The third kappa shape index (κ3) is 13.1. The van der Waals surface area contributed by atoms with Crippen LogP contribution < -0.4 is 17.0 Å². The van der Waals surface area contributed by atoms with Crippen molar-refractivity contribution < 1.29 is 42.0 Å². The first kappa shape index (κ1) is 63.1. The number of aromatic nitrogens is 6. The zero-order chi connectivity index (χ0) is 58.0. The van der Waals surface area contributed by atoms with Crippen molar-refractivity contribution >= 4 is 87.2 Å². The fraction of sp³-hybridized carbons (Fsp3) is 0.103. The molecule has 0 atom stereocenters. The Morgan fingerprint density at radius 2 is 0.791 bits per heavy atom. The molecule has 4 aromatic heterocycles. The zero-order valence-electron chi connectivity index (χ0n) is 46.4. The van der Waals surface area contributed by atoms with E-state index in [0.29, 0.717) is 27.8 Å². The average molecular weight is 1320 g/mol. The molecule has 2 saturated carbocycles. The van der Waals surface area contributed by atoms with E-state index in [2.05, 4.69) is 99.9 Å². The van der Waals surface area contributed by atoms with E-state index in [-0.39, 0.29) is 61.3 Å². The Balaban J connectivity index is 0.000000184. The van der Waals surface area contributed by atoms with Gasteiger partial charge in [-0.1, -0.05) is 194 Å². The first-order chi connectivity index (χ1) is 41.2. The van der Waals surface area contributed by atoms with Gasteiger partial charge in [0, 0.05) is 70.2 Å². The summed E-state index contributed by atoms with van der Waals surface area (Å²) >= 11 is 5.33. The summed E-state index contributed by atoms with van der Waals surface area (Å²) in [7, 11) is 9.90. The minimum Gasteiger partial charge on any atom is 2.00 e. The number of hydrogen-bond donors (Lipinski definition) is 0. The van der Waals surface area contributed by atoms with Gasteiger partial charge >= 0.3 is 57.6 Å². The van der Waals surface area contributed by atoms with Crippen molar-refractivity contribution in [1.29, 1.82) is 0 Å². The van der Waals surface area contributed by atoms with Crippen molar-refractivity contribution in [2.24, 2.45) is 0 Å². The minimum atomic E-state index is -0.931. The maximum atomic E-state index is 11.9. The van der Waals surface area contributed by atoms with Crippen LogP contribution in [0.25, 0.3) is 44.3 Å². The number of nitro benzene ring substituents is 2. The van der Waals surface area contributed by atoms with Gasteiger partial charge in [0.1, 0.15) is 27.6 Å². The molecule has 2 fully saturated rings. The molecule has 2 aliphatic rings. The summed E-state index contributed by atoms with van der Waals surface area (Å²) < 4.78 is 4.04. The van der Waals surface area contributed by atoms with Gasteiger partial charge in [0.15, 0.2) is 0 Å². The normalized spacial score (nSPS) is 12.3. The van der Waals surface area contributed by atoms with Crippen LogP contribution in [0.3, 0.4) is 0 Å². The Kier molecular flexibility index (Phi) is 21.1. The SMILES string of the molecule is O=[N+]([O-])c1ccc2c(c1)c(-c1ccnc(C3CC3)c1)nn2C(c1ccccc1)(c1ccccc1)c1ccccc1.O=[N+]([O-])c1ccc2c(c1)c(-c1ccnc(Cl)c1)nn2C(c1ccccc1)(c1ccccc1)c1ccccc1.[Br-].[CH-]1CC1.[Cl][Zn][Cl].[Mg+2]. The summed E-state index contributed by atoms with van der Waals surface area (Å²) in [6.07, 6.45) is 10.7. The molecule has 86 heavy (non-hydrogen) atoms. The van der Waals surface area contributed by atoms with Gasteiger partial charge in [0.25, 0.3) is 11.4 Å². The molecule has 4 heterocycles. The van der Waals surface area contributed by atoms with Crippen molar-refractivity contribution in [1.82, 2.24) is 29.5 Å². The third-order valence-corrected chi connectivity index (χ3v) is 15.1. The number of benzene rings is 8. The predicted molar refractivity (Wildman–Crippen MR) is 336 cm³/mol. The number of pyridine rings is 2. The molecular weight excluding hydrogens is 1270 g/mol. The summed E-state index contributed by atoms with van der Waals surface area (Å²) in [5.74, 6) is 0.472. The predicted octanol–water partition coefficient (Wildman–Crippen LogP) is 14.2. The number of nitro groups is 2. The van der Waals surface area contributed by atoms with Crippen molar-refractivity contribution in [3.63, 3.8) is 0 Å². The Hall–Kier alpha value is -7.46. The zero-order valence-corrected chi connectivity index (χ0v) is 54.6. The Morgan fingerprint density at radius 1 is 0.477 bits per heavy atom. The largest absolute Gasteiger partial charge is 2.00 e. The standard InChI is InChI=1S/C34H26N4O2.C31H21ClN4O2.C3H5.BrH.2ClH.Mg.Zn/c39-38(40)29-18-19-32-30(23-29)33(25-20-21-35-31(22-25)24-16-17-24)36-37(32)34(26-10-4-1-5-11-26,27-12-6-2-7-13-27)28-14-8-3-9-15-28;32-29-20-22(18-19-33-29)30-27-21-26(36(37)38)16-17-28(27)35(34-30)31(23-10-4-1-5-11-23,24-12-6-2-7-13-24)25-14-8-3-9-15-25;1-2-3-1;;;;;/h1-15,18-24H,16-17H2;1-21H;1H,2-3H2;3*1H;;/q;;-1;;;;2*+2/p-3. The number of hydrogen-bond acceptors (Lipinski definition) is 8. The number of non-ortho nitro benzene ring substituents is 2. The van der Waals surface area contributed by atoms with Crippen molar-refractivity contribution in [2.45, 2.75) is 42.7 Å². The van der Waals surface area contributed by atoms with Crippen molar-refractivity contribution in [3.8, 4) is 22.5 Å². The van der Waals surface area contributed by atoms with Crippen LogP contribution in [0, 0.1) is 26.6 Å². The molecule has 0 spiro atoms. The van der Waals surface area contributed by atoms with E-state index in [1.54, 1.807) is 36.5 Å². The van der Waals surface area contributed by atoms with Gasteiger partial charge in [0.05, 0.1) is 20.9 Å². The topological polar surface area (TPSA) is 148 Å². The summed E-state index contributed by atoms with van der Waals surface area (Å²) in [6.45, 7) is 0. The van der Waals surface area contributed by atoms with E-state index >= 15 is 0 Å². The van der Waals surface area contributed by atoms with E-state index in [0.717, 1.165) is 79.5 Å². The molecule has 0 N–H and O–H groups in total. The molecule has 420 valence electrons. The number of nitrogens with zero attached hydrogens (tertiary/aromatic N) is 8. The molecular formula is C68H52BrCl3MgN8O4Zn. The van der Waals surface area contributed by atoms with E-state index in [9.17, 15) is 20.2 Å². The van der Waals surface area contributed by atoms with Gasteiger partial charge in [-0.05, 0) is 82.6 Å². The van der Waals surface area contributed by atoms with Gasteiger partial charge in [-0.3, -0.25) is 25.2 Å². The van der Waals surface area contributed by atoms with Crippen LogP contribution in [-0.4, -0.2) is 62.4 Å². The summed E-state index contributed by atoms with van der Waals surface area (Å²) in [5, 5.41) is 35.9. The number of fused-ring (bicyclic) bond motifs is 2. The summed E-state index contributed by atoms with van der Waals surface area (Å²) in [4.78, 5) is 31.6. The fourth-order valence-corrected chi connectivity index (χ4v) is 11.1. The molecule has 0 unspecified atom stereocenters. The summed E-state index contributed by atoms with van der Waals surface area (Å²) in [5.41, 5.74) is 9.92. The maximum absolute atomic E-state index is 11.9. The van der Waals surface area contributed by atoms with E-state index < -0.39 is 26.2 Å². The van der Waals surface area contributed by atoms with Crippen LogP contribution >= 0.6 is 31.0 Å². The van der Waals surface area contributed by atoms with E-state index in [1.807, 2.05) is 138 Å². The van der Waals surface area contributed by atoms with E-state index in [1.165, 1.54) is 18.9 Å². The first-order valence-corrected chi connectivity index (χ1v) is 35.5. The van der Waals surface area contributed by atoms with Crippen molar-refractivity contribution in [2.75, 3.05) is 0 Å². The van der Waals surface area contributed by atoms with Gasteiger partial charge in [-0.2, -0.15) is 10.2 Å². The first-order valence-electron chi connectivity index (χ1n) is 27.4. The molecule has 0 amide bonds. The molecule has 0 saturated heterocycles. The molecule has 0 radical (unpaired) electrons. The van der Waals surface area contributed by atoms with Crippen LogP contribution in [-0.2, 0) is 26.2 Å². The Bertz CT molecular complexity index is 4030. The Labute approximate surface area is 545 Å². The molecule has 14 rings (SSSR count). The van der Waals surface area contributed by atoms with Crippen LogP contribution in [0.2, 0.25) is 5.15 Å². The molecule has 8 aromatic carbocycles. The van der Waals surface area contributed by atoms with Crippen LogP contribution in [0.15, 0.2) is 255 Å². The second-order valence-corrected chi connectivity index (χ2v) is 25.1. The summed E-state index contributed by atoms with van der Waals surface area (Å²) in [6, 6.07) is 79.0. The minimum absolute atomic E-state index is 0. The maximum Gasteiger partial charge on any atom is 2.00 e. The van der Waals surface area contributed by atoms with E-state index in [4.69, 9.17) is 41.2 Å². The Morgan fingerprint density at radius 3 is 1.08 bits per heavy atom. The smallest absolute Gasteiger partial charge is 2.00 e. The van der Waals surface area contributed by atoms with Gasteiger partial charge in [-0.25, -0.2) is 27.2 Å². The second-order valence-electron chi connectivity index (χ2n) is 20.1. The molecule has 0 bridgehead atoms. The molecule has 0 aliphatic heterocycles. The molecule has 12 nitrogen and oxygen atoms in total. The molecule has 18 heteroatoms. The number of rotatable bonds is 13. The molecule has 2 aliphatic carbocycles. The van der Waals surface area contributed by atoms with Crippen LogP contribution in [0.5, 0.6) is 0 Å². The number of halogens is 4. The third-order valence-electron chi connectivity index (χ3n) is 14.9. The molecule has 12 aromatic rings. The van der Waals surface area contributed by atoms with Gasteiger partial charge in [-0.15, -0.1) is 0 Å². The monoisotopic (exact) mass is 1320 g/mol. The average Bonchev–Trinajstić information content (AvgIpc) is 1.51. The van der Waals surface area contributed by atoms with Gasteiger partial charge in [0.2, 0.25) is 0 Å². The van der Waals surface area contributed by atoms with Gasteiger partial charge < -0.3 is 23.4 Å².